The van der Waals surface area contributed by atoms with Crippen LogP contribution in [0.25, 0.3) is 11.1 Å². The summed E-state index contributed by atoms with van der Waals surface area (Å²) < 4.78 is 11.0. The Labute approximate surface area is 163 Å². The van der Waals surface area contributed by atoms with E-state index in [9.17, 15) is 14.7 Å². The molecule has 0 aromatic heterocycles. The van der Waals surface area contributed by atoms with Crippen LogP contribution < -0.4 is 0 Å². The number of amides is 1. The number of carbonyl (C=O) groups excluding carboxylic acids is 1. The third kappa shape index (κ3) is 3.14. The highest BCUT2D eigenvalue weighted by Gasteiger charge is 2.40. The molecule has 0 bridgehead atoms. The van der Waals surface area contributed by atoms with Crippen LogP contribution in [-0.2, 0) is 14.3 Å². The number of benzene rings is 2. The highest BCUT2D eigenvalue weighted by Crippen LogP contribution is 2.44. The van der Waals surface area contributed by atoms with Crippen LogP contribution in [0.5, 0.6) is 0 Å². The van der Waals surface area contributed by atoms with Crippen LogP contribution in [0.15, 0.2) is 48.5 Å². The quantitative estimate of drug-likeness (QED) is 0.877. The number of ether oxygens (including phenoxy) is 2. The maximum atomic E-state index is 12.8. The van der Waals surface area contributed by atoms with Gasteiger partial charge in [0, 0.05) is 5.92 Å². The molecular weight excluding hydrogens is 358 g/mol. The normalized spacial score (nSPS) is 21.1. The van der Waals surface area contributed by atoms with Gasteiger partial charge in [-0.1, -0.05) is 55.5 Å². The summed E-state index contributed by atoms with van der Waals surface area (Å²) >= 11 is 0. The van der Waals surface area contributed by atoms with Crippen LogP contribution in [0.1, 0.15) is 30.4 Å². The molecule has 6 heteroatoms. The number of carboxylic acid groups (broad SMARTS) is 1. The monoisotopic (exact) mass is 381 g/mol. The minimum Gasteiger partial charge on any atom is -0.480 e. The van der Waals surface area contributed by atoms with Gasteiger partial charge in [-0.05, 0) is 28.7 Å². The van der Waals surface area contributed by atoms with Crippen LogP contribution in [-0.4, -0.2) is 54.0 Å². The van der Waals surface area contributed by atoms with Gasteiger partial charge in [0.1, 0.15) is 6.61 Å². The highest BCUT2D eigenvalue weighted by atomic mass is 16.6. The van der Waals surface area contributed by atoms with Crippen LogP contribution >= 0.6 is 0 Å². The first-order valence-electron chi connectivity index (χ1n) is 9.55. The van der Waals surface area contributed by atoms with Gasteiger partial charge in [-0.3, -0.25) is 4.90 Å². The molecule has 28 heavy (non-hydrogen) atoms. The predicted octanol–water partition coefficient (Wildman–Crippen LogP) is 3.50. The third-order valence-corrected chi connectivity index (χ3v) is 5.62. The highest BCUT2D eigenvalue weighted by molar-refractivity contribution is 5.81. The SMILES string of the molecule is CC[C@@H]1COC[C@H](C(=O)O)N1C(=O)OCC1c2ccccc2-c2ccccc21. The number of morpholine rings is 1. The largest absolute Gasteiger partial charge is 0.480 e. The molecule has 1 saturated heterocycles. The molecule has 146 valence electrons. The first kappa shape index (κ1) is 18.5. The van der Waals surface area contributed by atoms with Gasteiger partial charge in [-0.25, -0.2) is 9.59 Å². The van der Waals surface area contributed by atoms with E-state index in [0.717, 1.165) is 22.3 Å². The van der Waals surface area contributed by atoms with E-state index in [-0.39, 0.29) is 25.2 Å². The van der Waals surface area contributed by atoms with E-state index in [1.165, 1.54) is 4.90 Å². The van der Waals surface area contributed by atoms with Gasteiger partial charge < -0.3 is 14.6 Å². The number of carbonyl (C=O) groups is 2. The molecular formula is C22H23NO5. The van der Waals surface area contributed by atoms with Gasteiger partial charge in [0.2, 0.25) is 0 Å². The molecule has 2 atom stereocenters. The van der Waals surface area contributed by atoms with Crippen molar-refractivity contribution in [3.05, 3.63) is 59.7 Å². The maximum absolute atomic E-state index is 12.8. The fraction of sp³-hybridized carbons (Fsp3) is 0.364. The van der Waals surface area contributed by atoms with Crippen molar-refractivity contribution in [2.45, 2.75) is 31.3 Å². The topological polar surface area (TPSA) is 76.1 Å². The van der Waals surface area contributed by atoms with Crippen molar-refractivity contribution in [1.82, 2.24) is 4.90 Å². The van der Waals surface area contributed by atoms with E-state index in [4.69, 9.17) is 9.47 Å². The number of hydrogen-bond acceptors (Lipinski definition) is 4. The van der Waals surface area contributed by atoms with Crippen molar-refractivity contribution in [2.75, 3.05) is 19.8 Å². The molecule has 2 aromatic rings. The molecule has 0 saturated carbocycles. The first-order chi connectivity index (χ1) is 13.6. The number of nitrogens with zero attached hydrogens (tertiary/aromatic N) is 1. The average Bonchev–Trinajstić information content (AvgIpc) is 3.05. The lowest BCUT2D eigenvalue weighted by Crippen LogP contribution is -2.58. The van der Waals surface area contributed by atoms with Gasteiger partial charge in [0.25, 0.3) is 0 Å². The van der Waals surface area contributed by atoms with Gasteiger partial charge in [-0.15, -0.1) is 0 Å². The zero-order valence-electron chi connectivity index (χ0n) is 15.7. The van der Waals surface area contributed by atoms with Crippen LogP contribution in [0.3, 0.4) is 0 Å². The maximum Gasteiger partial charge on any atom is 0.410 e. The first-order valence-corrected chi connectivity index (χ1v) is 9.55. The summed E-state index contributed by atoms with van der Waals surface area (Å²) in [5.41, 5.74) is 4.56. The van der Waals surface area contributed by atoms with E-state index in [2.05, 4.69) is 24.3 Å². The lowest BCUT2D eigenvalue weighted by atomic mass is 9.98. The molecule has 1 aliphatic carbocycles. The minimum atomic E-state index is -1.08. The molecule has 2 aliphatic rings. The minimum absolute atomic E-state index is 0.0178. The summed E-state index contributed by atoms with van der Waals surface area (Å²) in [5, 5.41) is 9.48. The second kappa shape index (κ2) is 7.64. The fourth-order valence-corrected chi connectivity index (χ4v) is 4.18. The summed E-state index contributed by atoms with van der Waals surface area (Å²) in [7, 11) is 0. The molecule has 1 amide bonds. The zero-order chi connectivity index (χ0) is 19.7. The number of carboxylic acids is 1. The molecule has 1 heterocycles. The molecule has 0 spiro atoms. The molecule has 0 unspecified atom stereocenters. The number of fused-ring (bicyclic) bond motifs is 3. The summed E-state index contributed by atoms with van der Waals surface area (Å²) in [6.07, 6.45) is 0.0120. The molecule has 1 N–H and O–H groups in total. The fourth-order valence-electron chi connectivity index (χ4n) is 4.18. The van der Waals surface area contributed by atoms with Gasteiger partial charge >= 0.3 is 12.1 Å². The summed E-state index contributed by atoms with van der Waals surface area (Å²) in [5.74, 6) is -1.13. The summed E-state index contributed by atoms with van der Waals surface area (Å²) in [4.78, 5) is 25.8. The number of hydrogen-bond donors (Lipinski definition) is 1. The molecule has 1 aliphatic heterocycles. The van der Waals surface area contributed by atoms with Crippen LogP contribution in [0, 0.1) is 0 Å². The van der Waals surface area contributed by atoms with Crippen molar-refractivity contribution in [2.24, 2.45) is 0 Å². The van der Waals surface area contributed by atoms with Crippen molar-refractivity contribution in [3.8, 4) is 11.1 Å². The van der Waals surface area contributed by atoms with Crippen molar-refractivity contribution < 1.29 is 24.2 Å². The van der Waals surface area contributed by atoms with Crippen LogP contribution in [0.4, 0.5) is 4.79 Å². The zero-order valence-corrected chi connectivity index (χ0v) is 15.7. The van der Waals surface area contributed by atoms with Gasteiger partial charge in [0.15, 0.2) is 6.04 Å². The van der Waals surface area contributed by atoms with Gasteiger partial charge in [0.05, 0.1) is 19.3 Å². The molecule has 2 aromatic carbocycles. The Morgan fingerprint density at radius 3 is 2.25 bits per heavy atom. The lowest BCUT2D eigenvalue weighted by Gasteiger charge is -2.38. The Kier molecular flexibility index (Phi) is 5.05. The Hall–Kier alpha value is -2.86. The Balaban J connectivity index is 1.55. The van der Waals surface area contributed by atoms with Crippen molar-refractivity contribution >= 4 is 12.1 Å². The standard InChI is InChI=1S/C22H23NO5/c1-2-14-11-27-13-20(21(24)25)23(14)22(26)28-12-19-17-9-5-3-7-15(17)16-8-4-6-10-18(16)19/h3-10,14,19-20H,2,11-13H2,1H3,(H,24,25)/t14-,20-/m1/s1. The Morgan fingerprint density at radius 2 is 1.68 bits per heavy atom. The van der Waals surface area contributed by atoms with Gasteiger partial charge in [-0.2, -0.15) is 0 Å². The third-order valence-electron chi connectivity index (χ3n) is 5.62. The van der Waals surface area contributed by atoms with Crippen LogP contribution in [0.2, 0.25) is 0 Å². The number of rotatable bonds is 4. The van der Waals surface area contributed by atoms with E-state index >= 15 is 0 Å². The van der Waals surface area contributed by atoms with E-state index < -0.39 is 18.1 Å². The van der Waals surface area contributed by atoms with E-state index in [0.29, 0.717) is 13.0 Å². The summed E-state index contributed by atoms with van der Waals surface area (Å²) in [6.45, 7) is 2.38. The van der Waals surface area contributed by atoms with Crippen molar-refractivity contribution in [3.63, 3.8) is 0 Å². The molecule has 1 fully saturated rings. The molecule has 0 radical (unpaired) electrons. The van der Waals surface area contributed by atoms with E-state index in [1.807, 2.05) is 31.2 Å². The Bertz CT molecular complexity index is 851. The molecule has 6 nitrogen and oxygen atoms in total. The Morgan fingerprint density at radius 1 is 1.07 bits per heavy atom. The lowest BCUT2D eigenvalue weighted by molar-refractivity contribution is -0.151. The second-order valence-electron chi connectivity index (χ2n) is 7.16. The number of aliphatic carboxylic acids is 1. The smallest absolute Gasteiger partial charge is 0.410 e. The summed E-state index contributed by atoms with van der Waals surface area (Å²) in [6, 6.07) is 14.9. The van der Waals surface area contributed by atoms with E-state index in [1.54, 1.807) is 0 Å². The average molecular weight is 381 g/mol. The predicted molar refractivity (Wildman–Crippen MR) is 103 cm³/mol. The van der Waals surface area contributed by atoms with Crippen molar-refractivity contribution in [1.29, 1.82) is 0 Å². The second-order valence-corrected chi connectivity index (χ2v) is 7.16. The molecule has 4 rings (SSSR count).